The second-order valence-corrected chi connectivity index (χ2v) is 5.03. The van der Waals surface area contributed by atoms with Crippen molar-refractivity contribution < 1.29 is 4.79 Å². The average Bonchev–Trinajstić information content (AvgIpc) is 2.94. The molecule has 1 atom stereocenters. The lowest BCUT2D eigenvalue weighted by molar-refractivity contribution is 0.0945. The number of aromatic nitrogens is 2. The van der Waals surface area contributed by atoms with E-state index in [0.717, 1.165) is 6.42 Å². The summed E-state index contributed by atoms with van der Waals surface area (Å²) >= 11 is 0. The molecule has 0 radical (unpaired) electrons. The summed E-state index contributed by atoms with van der Waals surface area (Å²) < 4.78 is 0. The Morgan fingerprint density at radius 3 is 2.88 bits per heavy atom. The van der Waals surface area contributed by atoms with Crippen molar-refractivity contribution in [1.82, 2.24) is 15.3 Å². The number of nitrogens with two attached hydrogens (primary N) is 1. The lowest BCUT2D eigenvalue weighted by Gasteiger charge is -2.06. The minimum atomic E-state index is -0.211. The van der Waals surface area contributed by atoms with Crippen LogP contribution in [0.1, 0.15) is 30.8 Å². The normalized spacial score (nSPS) is 20.8. The third kappa shape index (κ3) is 2.71. The third-order valence-electron chi connectivity index (χ3n) is 3.24. The van der Waals surface area contributed by atoms with Crippen molar-refractivity contribution in [2.75, 3.05) is 12.0 Å². The van der Waals surface area contributed by atoms with Gasteiger partial charge in [-0.3, -0.25) is 9.78 Å². The fraction of sp³-hybridized carbons (Fsp3) is 0.545. The number of anilines is 1. The summed E-state index contributed by atoms with van der Waals surface area (Å²) in [6.45, 7) is 5.08. The number of rotatable bonds is 4. The van der Waals surface area contributed by atoms with Gasteiger partial charge in [0.15, 0.2) is 5.82 Å². The molecule has 0 aliphatic heterocycles. The zero-order valence-electron chi connectivity index (χ0n) is 10.0. The molecule has 1 saturated carbocycles. The van der Waals surface area contributed by atoms with Gasteiger partial charge < -0.3 is 10.7 Å². The molecule has 1 aromatic rings. The number of carbonyl (C=O) groups is 1. The van der Waals surface area contributed by atoms with E-state index >= 15 is 0 Å². The fourth-order valence-corrected chi connectivity index (χ4v) is 1.78. The first-order chi connectivity index (χ1) is 8.03. The van der Waals surface area contributed by atoms with E-state index in [1.807, 2.05) is 0 Å². The molecule has 0 spiro atoms. The first-order valence-electron chi connectivity index (χ1n) is 5.60. The van der Waals surface area contributed by atoms with Crippen LogP contribution in [0.25, 0.3) is 0 Å². The predicted molar refractivity (Wildman–Crippen MR) is 64.1 cm³/mol. The van der Waals surface area contributed by atoms with Gasteiger partial charge in [-0.2, -0.15) is 0 Å². The number of nitrogens with one attached hydrogen (secondary N) is 2. The van der Waals surface area contributed by atoms with E-state index in [1.165, 1.54) is 12.4 Å². The first-order valence-corrected chi connectivity index (χ1v) is 5.60. The predicted octanol–water partition coefficient (Wildman–Crippen LogP) is 0.538. The van der Waals surface area contributed by atoms with E-state index in [0.29, 0.717) is 23.7 Å². The second kappa shape index (κ2) is 4.29. The Bertz CT molecular complexity index is 432. The van der Waals surface area contributed by atoms with Crippen molar-refractivity contribution in [1.29, 1.82) is 0 Å². The Labute approximate surface area is 100.0 Å². The van der Waals surface area contributed by atoms with Gasteiger partial charge in [-0.15, -0.1) is 0 Å². The molecule has 0 bridgehead atoms. The molecular weight excluding hydrogens is 218 g/mol. The van der Waals surface area contributed by atoms with Crippen LogP contribution in [0.5, 0.6) is 0 Å². The quantitative estimate of drug-likeness (QED) is 0.523. The van der Waals surface area contributed by atoms with Gasteiger partial charge in [0, 0.05) is 6.54 Å². The molecule has 6 nitrogen and oxygen atoms in total. The summed E-state index contributed by atoms with van der Waals surface area (Å²) in [6, 6.07) is 0. The largest absolute Gasteiger partial charge is 0.350 e. The van der Waals surface area contributed by atoms with Crippen LogP contribution in [0.15, 0.2) is 12.4 Å². The molecule has 1 amide bonds. The monoisotopic (exact) mass is 235 g/mol. The average molecular weight is 235 g/mol. The van der Waals surface area contributed by atoms with Crippen LogP contribution in [0.3, 0.4) is 0 Å². The maximum atomic E-state index is 11.8. The summed E-state index contributed by atoms with van der Waals surface area (Å²) in [5.74, 6) is 5.94. The van der Waals surface area contributed by atoms with Gasteiger partial charge in [-0.25, -0.2) is 10.8 Å². The molecule has 4 N–H and O–H groups in total. The van der Waals surface area contributed by atoms with E-state index < -0.39 is 0 Å². The van der Waals surface area contributed by atoms with Crippen LogP contribution in [0.4, 0.5) is 5.82 Å². The highest BCUT2D eigenvalue weighted by atomic mass is 16.1. The van der Waals surface area contributed by atoms with Gasteiger partial charge in [-0.1, -0.05) is 13.8 Å². The van der Waals surface area contributed by atoms with Crippen molar-refractivity contribution in [3.05, 3.63) is 18.1 Å². The molecule has 1 heterocycles. The number of carbonyl (C=O) groups excluding carboxylic acids is 1. The van der Waals surface area contributed by atoms with Crippen molar-refractivity contribution in [3.8, 4) is 0 Å². The summed E-state index contributed by atoms with van der Waals surface area (Å²) in [4.78, 5) is 19.7. The summed E-state index contributed by atoms with van der Waals surface area (Å²) in [6.07, 6.45) is 4.04. The number of nitrogens with zero attached hydrogens (tertiary/aromatic N) is 2. The highest BCUT2D eigenvalue weighted by molar-refractivity contribution is 5.92. The molecule has 0 saturated heterocycles. The molecule has 6 heteroatoms. The topological polar surface area (TPSA) is 92.9 Å². The van der Waals surface area contributed by atoms with E-state index in [-0.39, 0.29) is 11.6 Å². The Balaban J connectivity index is 1.91. The SMILES string of the molecule is CC1(C)CC1CNC(=O)c1cncc(NN)n1. The van der Waals surface area contributed by atoms with Crippen molar-refractivity contribution in [3.63, 3.8) is 0 Å². The lowest BCUT2D eigenvalue weighted by Crippen LogP contribution is -2.28. The zero-order valence-corrected chi connectivity index (χ0v) is 10.0. The Hall–Kier alpha value is -1.69. The van der Waals surface area contributed by atoms with E-state index in [4.69, 9.17) is 5.84 Å². The Morgan fingerprint density at radius 2 is 2.29 bits per heavy atom. The second-order valence-electron chi connectivity index (χ2n) is 5.03. The molecular formula is C11H17N5O. The minimum Gasteiger partial charge on any atom is -0.350 e. The van der Waals surface area contributed by atoms with Crippen molar-refractivity contribution >= 4 is 11.7 Å². The number of hydrogen-bond acceptors (Lipinski definition) is 5. The van der Waals surface area contributed by atoms with Crippen LogP contribution in [-0.2, 0) is 0 Å². The number of hydrogen-bond donors (Lipinski definition) is 3. The van der Waals surface area contributed by atoms with Crippen LogP contribution in [0, 0.1) is 11.3 Å². The molecule has 1 aliphatic rings. The lowest BCUT2D eigenvalue weighted by atomic mass is 10.1. The highest BCUT2D eigenvalue weighted by Gasteiger charge is 2.45. The number of hydrazine groups is 1. The van der Waals surface area contributed by atoms with Gasteiger partial charge in [0.25, 0.3) is 5.91 Å². The van der Waals surface area contributed by atoms with E-state index in [9.17, 15) is 4.79 Å². The van der Waals surface area contributed by atoms with Crippen LogP contribution in [-0.4, -0.2) is 22.4 Å². The molecule has 17 heavy (non-hydrogen) atoms. The van der Waals surface area contributed by atoms with Gasteiger partial charge in [0.1, 0.15) is 5.69 Å². The van der Waals surface area contributed by atoms with Gasteiger partial charge in [-0.05, 0) is 17.8 Å². The van der Waals surface area contributed by atoms with Crippen molar-refractivity contribution in [2.24, 2.45) is 17.2 Å². The minimum absolute atomic E-state index is 0.211. The maximum absolute atomic E-state index is 11.8. The van der Waals surface area contributed by atoms with E-state index in [1.54, 1.807) is 0 Å². The van der Waals surface area contributed by atoms with Gasteiger partial charge in [0.05, 0.1) is 12.4 Å². The number of amides is 1. The van der Waals surface area contributed by atoms with Crippen LogP contribution in [0.2, 0.25) is 0 Å². The molecule has 1 aromatic heterocycles. The Morgan fingerprint density at radius 1 is 1.59 bits per heavy atom. The third-order valence-corrected chi connectivity index (χ3v) is 3.24. The molecule has 1 fully saturated rings. The van der Waals surface area contributed by atoms with Gasteiger partial charge >= 0.3 is 0 Å². The highest BCUT2D eigenvalue weighted by Crippen LogP contribution is 2.50. The first kappa shape index (κ1) is 11.8. The van der Waals surface area contributed by atoms with E-state index in [2.05, 4.69) is 34.6 Å². The fourth-order valence-electron chi connectivity index (χ4n) is 1.78. The zero-order chi connectivity index (χ0) is 12.5. The Kier molecular flexibility index (Phi) is 2.97. The summed E-state index contributed by atoms with van der Waals surface area (Å²) in [5.41, 5.74) is 3.00. The molecule has 0 aromatic carbocycles. The van der Waals surface area contributed by atoms with Gasteiger partial charge in [0.2, 0.25) is 0 Å². The molecule has 1 aliphatic carbocycles. The van der Waals surface area contributed by atoms with Crippen LogP contribution >= 0.6 is 0 Å². The standard InChI is InChI=1S/C11H17N5O/c1-11(2)3-7(11)4-14-10(17)8-5-13-6-9(15-8)16-12/h5-7H,3-4,12H2,1-2H3,(H,14,17)(H,15,16). The maximum Gasteiger partial charge on any atom is 0.271 e. The number of nitrogen functional groups attached to an aromatic ring is 1. The smallest absolute Gasteiger partial charge is 0.271 e. The molecule has 92 valence electrons. The summed E-state index contributed by atoms with van der Waals surface area (Å²) in [7, 11) is 0. The van der Waals surface area contributed by atoms with Crippen LogP contribution < -0.4 is 16.6 Å². The van der Waals surface area contributed by atoms with Crippen molar-refractivity contribution in [2.45, 2.75) is 20.3 Å². The molecule has 2 rings (SSSR count). The summed E-state index contributed by atoms with van der Waals surface area (Å²) in [5, 5.41) is 2.86. The molecule has 1 unspecified atom stereocenters.